The van der Waals surface area contributed by atoms with Gasteiger partial charge >= 0.3 is 0 Å². The molecule has 3 saturated carbocycles. The molecule has 3 aliphatic carbocycles. The van der Waals surface area contributed by atoms with Gasteiger partial charge in [-0.3, -0.25) is 4.79 Å². The quantitative estimate of drug-likeness (QED) is 0.772. The molecule has 0 aliphatic heterocycles. The second-order valence-electron chi connectivity index (χ2n) is 7.41. The van der Waals surface area contributed by atoms with E-state index in [4.69, 9.17) is 0 Å². The lowest BCUT2D eigenvalue weighted by molar-refractivity contribution is -0.120. The van der Waals surface area contributed by atoms with Crippen molar-refractivity contribution in [1.29, 1.82) is 0 Å². The number of amides is 1. The van der Waals surface area contributed by atoms with E-state index in [1.807, 2.05) is 30.3 Å². The molecule has 1 N–H and O–H groups in total. The second-order valence-corrected chi connectivity index (χ2v) is 8.48. The van der Waals surface area contributed by atoms with Gasteiger partial charge in [-0.1, -0.05) is 42.1 Å². The van der Waals surface area contributed by atoms with Crippen LogP contribution in [0.3, 0.4) is 0 Å². The van der Waals surface area contributed by atoms with Crippen LogP contribution in [0, 0.1) is 0 Å². The maximum Gasteiger partial charge on any atom is 0.238 e. The van der Waals surface area contributed by atoms with Crippen LogP contribution in [0.2, 0.25) is 0 Å². The molecule has 0 radical (unpaired) electrons. The van der Waals surface area contributed by atoms with E-state index in [2.05, 4.69) is 20.1 Å². The molecule has 6 heteroatoms. The highest BCUT2D eigenvalue weighted by Crippen LogP contribution is 2.47. The Balaban J connectivity index is 1.44. The monoisotopic (exact) mass is 354 g/mol. The number of carbonyl (C=O) groups excluding carboxylic acids is 1. The summed E-state index contributed by atoms with van der Waals surface area (Å²) in [4.78, 5) is 12.9. The van der Waals surface area contributed by atoms with E-state index in [-0.39, 0.29) is 11.2 Å². The molecule has 2 aromatic rings. The minimum atomic E-state index is -0.268. The zero-order valence-electron chi connectivity index (χ0n) is 14.1. The number of nitrogens with zero attached hydrogens (tertiary/aromatic N) is 3. The third-order valence-corrected chi connectivity index (χ3v) is 6.24. The molecule has 1 heterocycles. The summed E-state index contributed by atoms with van der Waals surface area (Å²) in [7, 11) is 0. The van der Waals surface area contributed by atoms with Crippen molar-refractivity contribution in [2.75, 3.05) is 0 Å². The Morgan fingerprint density at radius 1 is 1.08 bits per heavy atom. The predicted molar refractivity (Wildman–Crippen MR) is 96.5 cm³/mol. The van der Waals surface area contributed by atoms with Crippen molar-refractivity contribution in [3.8, 4) is 0 Å². The van der Waals surface area contributed by atoms with Gasteiger partial charge < -0.3 is 9.88 Å². The largest absolute Gasteiger partial charge is 0.352 e. The molecule has 1 atom stereocenters. The highest BCUT2D eigenvalue weighted by atomic mass is 32.2. The summed E-state index contributed by atoms with van der Waals surface area (Å²) < 4.78 is 2.32. The van der Waals surface area contributed by atoms with Gasteiger partial charge in [0.2, 0.25) is 5.91 Å². The summed E-state index contributed by atoms with van der Waals surface area (Å²) in [6, 6.07) is 10.9. The van der Waals surface area contributed by atoms with Gasteiger partial charge in [-0.05, 0) is 44.1 Å². The van der Waals surface area contributed by atoms with E-state index in [0.717, 1.165) is 29.4 Å². The molecular weight excluding hydrogens is 332 g/mol. The standard InChI is InChI=1S/C19H22N4OS/c24-18(20-14-8-9-14)16(12-4-2-1-3-5-12)25-19-22-21-17(13-6-7-13)23(19)15-10-11-15/h1-5,13-16H,6-11H2,(H,20,24)/t16-/m0/s1. The van der Waals surface area contributed by atoms with Crippen LogP contribution in [0.1, 0.15) is 67.1 Å². The highest BCUT2D eigenvalue weighted by molar-refractivity contribution is 8.00. The highest BCUT2D eigenvalue weighted by Gasteiger charge is 2.38. The van der Waals surface area contributed by atoms with Gasteiger partial charge in [0.05, 0.1) is 0 Å². The normalized spacial score (nSPS) is 21.1. The van der Waals surface area contributed by atoms with Crippen LogP contribution in [0.5, 0.6) is 0 Å². The number of thioether (sulfide) groups is 1. The van der Waals surface area contributed by atoms with Crippen LogP contribution >= 0.6 is 11.8 Å². The lowest BCUT2D eigenvalue weighted by Gasteiger charge is -2.17. The maximum absolute atomic E-state index is 12.9. The van der Waals surface area contributed by atoms with Crippen molar-refractivity contribution in [2.24, 2.45) is 0 Å². The van der Waals surface area contributed by atoms with Gasteiger partial charge in [0, 0.05) is 18.0 Å². The Labute approximate surface area is 151 Å². The fourth-order valence-corrected chi connectivity index (χ4v) is 4.30. The lowest BCUT2D eigenvalue weighted by Crippen LogP contribution is -2.30. The first-order valence-corrected chi connectivity index (χ1v) is 10.1. The van der Waals surface area contributed by atoms with E-state index in [1.54, 1.807) is 11.8 Å². The Hall–Kier alpha value is -1.82. The fourth-order valence-electron chi connectivity index (χ4n) is 3.18. The van der Waals surface area contributed by atoms with Gasteiger partial charge in [0.25, 0.3) is 0 Å². The Kier molecular flexibility index (Phi) is 3.81. The molecule has 1 amide bonds. The van der Waals surface area contributed by atoms with Crippen LogP contribution in [0.25, 0.3) is 0 Å². The molecule has 0 spiro atoms. The average molecular weight is 354 g/mol. The third-order valence-electron chi connectivity index (χ3n) is 5.03. The van der Waals surface area contributed by atoms with Crippen LogP contribution in [-0.2, 0) is 4.79 Å². The molecular formula is C19H22N4OS. The van der Waals surface area contributed by atoms with Gasteiger partial charge in [-0.25, -0.2) is 0 Å². The molecule has 0 saturated heterocycles. The number of nitrogens with one attached hydrogen (secondary N) is 1. The van der Waals surface area contributed by atoms with E-state index in [9.17, 15) is 4.79 Å². The molecule has 25 heavy (non-hydrogen) atoms. The molecule has 1 aromatic heterocycles. The Morgan fingerprint density at radius 3 is 2.48 bits per heavy atom. The smallest absolute Gasteiger partial charge is 0.238 e. The third kappa shape index (κ3) is 3.32. The van der Waals surface area contributed by atoms with E-state index >= 15 is 0 Å². The number of carbonyl (C=O) groups is 1. The van der Waals surface area contributed by atoms with Crippen LogP contribution in [0.4, 0.5) is 0 Å². The molecule has 130 valence electrons. The molecule has 3 aliphatic rings. The molecule has 0 unspecified atom stereocenters. The van der Waals surface area contributed by atoms with Crippen LogP contribution < -0.4 is 5.32 Å². The molecule has 5 rings (SSSR count). The predicted octanol–water partition coefficient (Wildman–Crippen LogP) is 3.60. The topological polar surface area (TPSA) is 59.8 Å². The Morgan fingerprint density at radius 2 is 1.84 bits per heavy atom. The molecule has 0 bridgehead atoms. The average Bonchev–Trinajstić information content (AvgIpc) is 3.48. The minimum absolute atomic E-state index is 0.0945. The summed E-state index contributed by atoms with van der Waals surface area (Å²) in [6.07, 6.45) is 7.05. The molecule has 5 nitrogen and oxygen atoms in total. The van der Waals surface area contributed by atoms with Crippen molar-refractivity contribution in [2.45, 2.75) is 66.9 Å². The van der Waals surface area contributed by atoms with Crippen LogP contribution in [-0.4, -0.2) is 26.7 Å². The fraction of sp³-hybridized carbons (Fsp3) is 0.526. The number of benzene rings is 1. The second kappa shape index (κ2) is 6.16. The van der Waals surface area contributed by atoms with Gasteiger partial charge in [-0.2, -0.15) is 0 Å². The maximum atomic E-state index is 12.9. The van der Waals surface area contributed by atoms with E-state index < -0.39 is 0 Å². The first-order chi connectivity index (χ1) is 12.3. The zero-order chi connectivity index (χ0) is 16.8. The van der Waals surface area contributed by atoms with Gasteiger partial charge in [0.1, 0.15) is 11.1 Å². The summed E-state index contributed by atoms with van der Waals surface area (Å²) in [5.74, 6) is 1.81. The summed E-state index contributed by atoms with van der Waals surface area (Å²) in [5, 5.41) is 12.8. The summed E-state index contributed by atoms with van der Waals surface area (Å²) >= 11 is 1.56. The summed E-state index contributed by atoms with van der Waals surface area (Å²) in [6.45, 7) is 0. The SMILES string of the molecule is O=C(NC1CC1)[C@@H](Sc1nnc(C2CC2)n1C1CC1)c1ccccc1. The number of hydrogen-bond donors (Lipinski definition) is 1. The first kappa shape index (κ1) is 15.4. The van der Waals surface area contributed by atoms with Crippen molar-refractivity contribution in [3.05, 3.63) is 41.7 Å². The van der Waals surface area contributed by atoms with Crippen LogP contribution in [0.15, 0.2) is 35.5 Å². The zero-order valence-corrected chi connectivity index (χ0v) is 14.9. The van der Waals surface area contributed by atoms with Crippen molar-refractivity contribution in [1.82, 2.24) is 20.1 Å². The van der Waals surface area contributed by atoms with E-state index in [0.29, 0.717) is 18.0 Å². The number of rotatable bonds is 7. The number of aromatic nitrogens is 3. The van der Waals surface area contributed by atoms with E-state index in [1.165, 1.54) is 25.7 Å². The van der Waals surface area contributed by atoms with Crippen molar-refractivity contribution < 1.29 is 4.79 Å². The van der Waals surface area contributed by atoms with Crippen molar-refractivity contribution >= 4 is 17.7 Å². The van der Waals surface area contributed by atoms with Gasteiger partial charge in [-0.15, -0.1) is 10.2 Å². The lowest BCUT2D eigenvalue weighted by atomic mass is 10.1. The Bertz CT molecular complexity index is 778. The summed E-state index contributed by atoms with van der Waals surface area (Å²) in [5.41, 5.74) is 1.03. The molecule has 3 fully saturated rings. The van der Waals surface area contributed by atoms with Gasteiger partial charge in [0.15, 0.2) is 5.16 Å². The first-order valence-electron chi connectivity index (χ1n) is 9.26. The molecule has 1 aromatic carbocycles. The number of hydrogen-bond acceptors (Lipinski definition) is 4. The van der Waals surface area contributed by atoms with Crippen molar-refractivity contribution in [3.63, 3.8) is 0 Å². The minimum Gasteiger partial charge on any atom is -0.352 e.